The molecular formula is C58H35N3O. The third-order valence-electron chi connectivity index (χ3n) is 13.0. The quantitative estimate of drug-likeness (QED) is 0.167. The zero-order valence-electron chi connectivity index (χ0n) is 33.5. The minimum atomic E-state index is -0.674. The Morgan fingerprint density at radius 1 is 0.290 bits per heavy atom. The minimum Gasteiger partial charge on any atom is -0.457 e. The van der Waals surface area contributed by atoms with Gasteiger partial charge in [-0.2, -0.15) is 0 Å². The highest BCUT2D eigenvalue weighted by Gasteiger charge is 2.52. The monoisotopic (exact) mass is 789 g/mol. The molecule has 0 amide bonds. The summed E-state index contributed by atoms with van der Waals surface area (Å²) in [6.07, 6.45) is 0. The summed E-state index contributed by atoms with van der Waals surface area (Å²) < 4.78 is 6.84. The molecule has 0 fully saturated rings. The fourth-order valence-corrected chi connectivity index (χ4v) is 10.3. The Morgan fingerprint density at radius 2 is 0.742 bits per heavy atom. The van der Waals surface area contributed by atoms with Crippen LogP contribution in [0.15, 0.2) is 212 Å². The maximum Gasteiger partial charge on any atom is 0.164 e. The Balaban J connectivity index is 0.994. The molecule has 1 aromatic heterocycles. The first kappa shape index (κ1) is 34.6. The van der Waals surface area contributed by atoms with Crippen LogP contribution < -0.4 is 4.74 Å². The van der Waals surface area contributed by atoms with Crippen molar-refractivity contribution in [3.05, 3.63) is 235 Å². The van der Waals surface area contributed by atoms with E-state index in [1.807, 2.05) is 24.3 Å². The van der Waals surface area contributed by atoms with E-state index in [1.165, 1.54) is 54.6 Å². The largest absolute Gasteiger partial charge is 0.457 e. The molecule has 0 radical (unpaired) electrons. The van der Waals surface area contributed by atoms with Crippen LogP contribution in [0.3, 0.4) is 0 Å². The molecule has 0 bridgehead atoms. The van der Waals surface area contributed by atoms with Gasteiger partial charge in [-0.25, -0.2) is 15.0 Å². The van der Waals surface area contributed by atoms with Crippen molar-refractivity contribution in [2.75, 3.05) is 0 Å². The molecule has 288 valence electrons. The van der Waals surface area contributed by atoms with Gasteiger partial charge in [0.2, 0.25) is 0 Å². The van der Waals surface area contributed by atoms with E-state index in [4.69, 9.17) is 19.7 Å². The summed E-state index contributed by atoms with van der Waals surface area (Å²) in [4.78, 5) is 15.8. The third-order valence-corrected chi connectivity index (χ3v) is 13.0. The van der Waals surface area contributed by atoms with Crippen molar-refractivity contribution in [1.82, 2.24) is 15.0 Å². The van der Waals surface area contributed by atoms with Crippen LogP contribution in [0.2, 0.25) is 0 Å². The van der Waals surface area contributed by atoms with Gasteiger partial charge in [0.1, 0.15) is 11.5 Å². The highest BCUT2D eigenvalue weighted by atomic mass is 16.5. The molecule has 0 saturated carbocycles. The molecular weight excluding hydrogens is 755 g/mol. The predicted octanol–water partition coefficient (Wildman–Crippen LogP) is 14.5. The normalized spacial score (nSPS) is 13.1. The number of para-hydroxylation sites is 1. The molecule has 1 aliphatic heterocycles. The summed E-state index contributed by atoms with van der Waals surface area (Å²) in [5.74, 6) is 3.44. The van der Waals surface area contributed by atoms with Crippen molar-refractivity contribution in [1.29, 1.82) is 0 Å². The second-order valence-electron chi connectivity index (χ2n) is 16.2. The van der Waals surface area contributed by atoms with Gasteiger partial charge in [-0.05, 0) is 83.9 Å². The van der Waals surface area contributed by atoms with Crippen LogP contribution in [0, 0.1) is 0 Å². The van der Waals surface area contributed by atoms with Crippen LogP contribution in [0.1, 0.15) is 22.3 Å². The molecule has 11 aromatic rings. The van der Waals surface area contributed by atoms with Crippen LogP contribution in [-0.2, 0) is 5.41 Å². The van der Waals surface area contributed by atoms with E-state index < -0.39 is 5.41 Å². The average molecular weight is 790 g/mol. The number of ether oxygens (including phenoxy) is 1. The summed E-state index contributed by atoms with van der Waals surface area (Å²) in [5.41, 5.74) is 11.3. The van der Waals surface area contributed by atoms with Gasteiger partial charge in [0.15, 0.2) is 17.5 Å². The van der Waals surface area contributed by atoms with E-state index in [0.29, 0.717) is 17.5 Å². The lowest BCUT2D eigenvalue weighted by Crippen LogP contribution is -2.33. The van der Waals surface area contributed by atoms with Crippen molar-refractivity contribution >= 4 is 32.3 Å². The molecule has 4 heteroatoms. The van der Waals surface area contributed by atoms with Crippen molar-refractivity contribution in [2.45, 2.75) is 5.41 Å². The maximum atomic E-state index is 6.84. The Bertz CT molecular complexity index is 3530. The molecule has 0 atom stereocenters. The van der Waals surface area contributed by atoms with Crippen molar-refractivity contribution in [3.63, 3.8) is 0 Å². The second-order valence-corrected chi connectivity index (χ2v) is 16.2. The molecule has 0 saturated heterocycles. The molecule has 1 spiro atoms. The van der Waals surface area contributed by atoms with E-state index in [1.54, 1.807) is 0 Å². The van der Waals surface area contributed by atoms with Crippen molar-refractivity contribution in [3.8, 4) is 67.9 Å². The molecule has 4 nitrogen and oxygen atoms in total. The number of hydrogen-bond acceptors (Lipinski definition) is 4. The number of hydrogen-bond donors (Lipinski definition) is 0. The fraction of sp³-hybridized carbons (Fsp3) is 0.0172. The lowest BCUT2D eigenvalue weighted by molar-refractivity contribution is 0.437. The van der Waals surface area contributed by atoms with E-state index in [-0.39, 0.29) is 0 Å². The second kappa shape index (κ2) is 13.4. The van der Waals surface area contributed by atoms with Gasteiger partial charge in [0.05, 0.1) is 5.41 Å². The number of benzene rings is 10. The van der Waals surface area contributed by atoms with Crippen LogP contribution in [0.4, 0.5) is 0 Å². The first-order valence-corrected chi connectivity index (χ1v) is 21.1. The molecule has 62 heavy (non-hydrogen) atoms. The highest BCUT2D eigenvalue weighted by molar-refractivity contribution is 6.25. The summed E-state index contributed by atoms with van der Waals surface area (Å²) in [5, 5.41) is 7.58. The van der Waals surface area contributed by atoms with Crippen LogP contribution in [-0.4, -0.2) is 15.0 Å². The van der Waals surface area contributed by atoms with Crippen LogP contribution >= 0.6 is 0 Å². The Hall–Kier alpha value is -8.21. The first-order valence-electron chi connectivity index (χ1n) is 21.1. The minimum absolute atomic E-state index is 0.590. The Labute approximate surface area is 358 Å². The lowest BCUT2D eigenvalue weighted by Gasteiger charge is -2.40. The van der Waals surface area contributed by atoms with Gasteiger partial charge in [-0.1, -0.05) is 194 Å². The summed E-state index contributed by atoms with van der Waals surface area (Å²) in [7, 11) is 0. The van der Waals surface area contributed by atoms with Gasteiger partial charge < -0.3 is 4.74 Å². The summed E-state index contributed by atoms with van der Waals surface area (Å²) in [6.45, 7) is 0. The first-order chi connectivity index (χ1) is 30.7. The third kappa shape index (κ3) is 4.98. The molecule has 2 aliphatic rings. The Kier molecular flexibility index (Phi) is 7.49. The highest BCUT2D eigenvalue weighted by Crippen LogP contribution is 2.63. The number of nitrogens with zero attached hydrogens (tertiary/aromatic N) is 3. The lowest BCUT2D eigenvalue weighted by atomic mass is 9.64. The van der Waals surface area contributed by atoms with Gasteiger partial charge in [0.25, 0.3) is 0 Å². The SMILES string of the molecule is c1ccc(-c2nc(-c3ccc(-c4ccc5c6ccccc6c6ccccc6c5c4)cc3)nc(-c3cccc4c3C3(c5ccccc5O4)c4ccccc4-c4ccccc43)n2)cc1. The molecule has 10 aromatic carbocycles. The summed E-state index contributed by atoms with van der Waals surface area (Å²) in [6, 6.07) is 75.4. The standard InChI is InChI=1S/C58H35N3O/c1-2-15-37(16-3-1)55-59-56(38-31-29-36(30-32-38)39-33-34-44-42-19-5-4-17-40(42)41-18-6-7-20-43(41)48(44)35-39)61-57(60-55)47-23-14-28-53-54(47)58(51-26-12-13-27-52(51)62-53)49-24-10-8-21-45(49)46-22-9-11-25-50(46)58/h1-35H. The molecule has 13 rings (SSSR count). The average Bonchev–Trinajstić information content (AvgIpc) is 3.64. The van der Waals surface area contributed by atoms with E-state index >= 15 is 0 Å². The molecule has 0 unspecified atom stereocenters. The van der Waals surface area contributed by atoms with Gasteiger partial charge in [-0.3, -0.25) is 0 Å². The smallest absolute Gasteiger partial charge is 0.164 e. The molecule has 2 heterocycles. The van der Waals surface area contributed by atoms with Crippen LogP contribution in [0.5, 0.6) is 11.5 Å². The van der Waals surface area contributed by atoms with E-state index in [2.05, 4.69) is 188 Å². The van der Waals surface area contributed by atoms with Gasteiger partial charge >= 0.3 is 0 Å². The number of fused-ring (bicyclic) bond motifs is 15. The topological polar surface area (TPSA) is 47.9 Å². The number of rotatable bonds is 4. The molecule has 0 N–H and O–H groups in total. The van der Waals surface area contributed by atoms with Crippen molar-refractivity contribution in [2.24, 2.45) is 0 Å². The van der Waals surface area contributed by atoms with Crippen molar-refractivity contribution < 1.29 is 4.74 Å². The fourth-order valence-electron chi connectivity index (χ4n) is 10.3. The van der Waals surface area contributed by atoms with Crippen LogP contribution in [0.25, 0.3) is 88.7 Å². The zero-order chi connectivity index (χ0) is 40.8. The van der Waals surface area contributed by atoms with Gasteiger partial charge in [-0.15, -0.1) is 0 Å². The maximum absolute atomic E-state index is 6.84. The predicted molar refractivity (Wildman–Crippen MR) is 251 cm³/mol. The number of aromatic nitrogens is 3. The Morgan fingerprint density at radius 3 is 1.40 bits per heavy atom. The summed E-state index contributed by atoms with van der Waals surface area (Å²) >= 11 is 0. The van der Waals surface area contributed by atoms with Gasteiger partial charge in [0, 0.05) is 27.8 Å². The molecule has 1 aliphatic carbocycles. The van der Waals surface area contributed by atoms with E-state index in [0.717, 1.165) is 50.4 Å². The van der Waals surface area contributed by atoms with E-state index in [9.17, 15) is 0 Å². The zero-order valence-corrected chi connectivity index (χ0v) is 33.5.